The van der Waals surface area contributed by atoms with Crippen molar-refractivity contribution in [3.8, 4) is 0 Å². The lowest BCUT2D eigenvalue weighted by Gasteiger charge is -2.25. The molecule has 0 radical (unpaired) electrons. The average molecular weight is 537 g/mol. The van der Waals surface area contributed by atoms with Crippen molar-refractivity contribution in [2.45, 2.75) is 111 Å². The third-order valence-corrected chi connectivity index (χ3v) is 7.53. The first-order valence-corrected chi connectivity index (χ1v) is 14.7. The van der Waals surface area contributed by atoms with Gasteiger partial charge in [0.15, 0.2) is 0 Å². The van der Waals surface area contributed by atoms with Crippen LogP contribution in [-0.2, 0) is 28.3 Å². The monoisotopic (exact) mass is 536 g/mol. The maximum Gasteiger partial charge on any atom is 0.0682 e. The van der Waals surface area contributed by atoms with Gasteiger partial charge in [0.05, 0.1) is 6.61 Å². The summed E-state index contributed by atoms with van der Waals surface area (Å²) in [5.74, 6) is 0. The van der Waals surface area contributed by atoms with Crippen LogP contribution in [0.3, 0.4) is 0 Å². The van der Waals surface area contributed by atoms with Gasteiger partial charge in [-0.25, -0.2) is 0 Å². The molecular formula is C39H52O. The Hall–Kier alpha value is -2.90. The van der Waals surface area contributed by atoms with Crippen molar-refractivity contribution in [2.24, 2.45) is 0 Å². The van der Waals surface area contributed by atoms with Gasteiger partial charge < -0.3 is 5.11 Å². The van der Waals surface area contributed by atoms with Gasteiger partial charge in [0.1, 0.15) is 0 Å². The number of hydrogen-bond acceptors (Lipinski definition) is 1. The number of aliphatic hydroxyl groups excluding tert-OH is 1. The highest BCUT2D eigenvalue weighted by molar-refractivity contribution is 5.75. The quantitative estimate of drug-likeness (QED) is 0.322. The molecule has 0 bridgehead atoms. The Balaban J connectivity index is 2.01. The van der Waals surface area contributed by atoms with E-state index < -0.39 is 0 Å². The highest BCUT2D eigenvalue weighted by atomic mass is 16.3. The van der Waals surface area contributed by atoms with Crippen molar-refractivity contribution in [3.05, 3.63) is 105 Å². The van der Waals surface area contributed by atoms with Crippen LogP contribution in [-0.4, -0.2) is 5.11 Å². The summed E-state index contributed by atoms with van der Waals surface area (Å²) in [5, 5.41) is 10.0. The van der Waals surface area contributed by atoms with Gasteiger partial charge in [0.25, 0.3) is 0 Å². The van der Waals surface area contributed by atoms with Gasteiger partial charge in [-0.1, -0.05) is 144 Å². The molecule has 0 unspecified atom stereocenters. The van der Waals surface area contributed by atoms with Gasteiger partial charge in [-0.15, -0.1) is 0 Å². The van der Waals surface area contributed by atoms with Crippen LogP contribution in [0.5, 0.6) is 0 Å². The molecule has 40 heavy (non-hydrogen) atoms. The fourth-order valence-corrected chi connectivity index (χ4v) is 4.64. The third-order valence-electron chi connectivity index (χ3n) is 7.53. The zero-order chi connectivity index (χ0) is 30.1. The fourth-order valence-electron chi connectivity index (χ4n) is 4.64. The van der Waals surface area contributed by atoms with Crippen LogP contribution in [0, 0.1) is 0 Å². The Kier molecular flexibility index (Phi) is 9.12. The van der Waals surface area contributed by atoms with E-state index in [2.05, 4.69) is 162 Å². The molecule has 0 aliphatic heterocycles. The Labute approximate surface area is 245 Å². The first-order valence-electron chi connectivity index (χ1n) is 14.7. The first kappa shape index (κ1) is 31.6. The van der Waals surface area contributed by atoms with E-state index in [4.69, 9.17) is 0 Å². The highest BCUT2D eigenvalue weighted by Crippen LogP contribution is 2.32. The van der Waals surface area contributed by atoms with Crippen LogP contribution in [0.25, 0.3) is 24.3 Å². The molecule has 0 aliphatic rings. The molecule has 3 aromatic carbocycles. The molecule has 0 saturated carbocycles. The zero-order valence-corrected chi connectivity index (χ0v) is 27.2. The van der Waals surface area contributed by atoms with Crippen molar-refractivity contribution in [2.75, 3.05) is 0 Å². The number of hydrogen-bond donors (Lipinski definition) is 1. The first-order chi connectivity index (χ1) is 18.3. The molecule has 0 atom stereocenters. The Morgan fingerprint density at radius 3 is 0.875 bits per heavy atom. The molecule has 3 aromatic rings. The van der Waals surface area contributed by atoms with Crippen LogP contribution >= 0.6 is 0 Å². The van der Waals surface area contributed by atoms with Crippen molar-refractivity contribution in [3.63, 3.8) is 0 Å². The molecule has 0 heterocycles. The van der Waals surface area contributed by atoms with E-state index in [-0.39, 0.29) is 28.3 Å². The minimum absolute atomic E-state index is 0.0177. The van der Waals surface area contributed by atoms with Crippen LogP contribution in [0.2, 0.25) is 0 Å². The van der Waals surface area contributed by atoms with Gasteiger partial charge >= 0.3 is 0 Å². The standard InChI is InChI=1S/C39H52O/c1-36(2,3)32-20-29(21-33(24-32)37(4,5)6)15-13-27-17-28(19-31(18-27)26-40)14-16-30-22-34(38(7,8)9)25-35(23-30)39(10,11)12/h13-25,40H,26H2,1-12H3/b15-13+,16-14+. The zero-order valence-electron chi connectivity index (χ0n) is 27.2. The molecule has 0 amide bonds. The van der Waals surface area contributed by atoms with Crippen molar-refractivity contribution in [1.82, 2.24) is 0 Å². The highest BCUT2D eigenvalue weighted by Gasteiger charge is 2.21. The second kappa shape index (κ2) is 11.5. The predicted molar refractivity (Wildman–Crippen MR) is 178 cm³/mol. The molecule has 0 fully saturated rings. The van der Waals surface area contributed by atoms with Gasteiger partial charge in [0, 0.05) is 0 Å². The van der Waals surface area contributed by atoms with E-state index >= 15 is 0 Å². The molecular weight excluding hydrogens is 484 g/mol. The van der Waals surface area contributed by atoms with E-state index in [1.54, 1.807) is 0 Å². The smallest absolute Gasteiger partial charge is 0.0682 e. The normalized spacial score (nSPS) is 13.5. The maximum absolute atomic E-state index is 10.0. The van der Waals surface area contributed by atoms with Gasteiger partial charge in [-0.3, -0.25) is 0 Å². The van der Waals surface area contributed by atoms with Crippen molar-refractivity contribution in [1.29, 1.82) is 0 Å². The number of rotatable bonds is 5. The Morgan fingerprint density at radius 2 is 0.650 bits per heavy atom. The van der Waals surface area contributed by atoms with Crippen LogP contribution < -0.4 is 0 Å². The molecule has 0 aromatic heterocycles. The number of benzene rings is 3. The molecule has 3 rings (SSSR count). The molecule has 1 nitrogen and oxygen atoms in total. The summed E-state index contributed by atoms with van der Waals surface area (Å²) < 4.78 is 0. The van der Waals surface area contributed by atoms with Gasteiger partial charge in [-0.05, 0) is 89.9 Å². The van der Waals surface area contributed by atoms with Crippen molar-refractivity contribution < 1.29 is 5.11 Å². The lowest BCUT2D eigenvalue weighted by Crippen LogP contribution is -2.16. The summed E-state index contributed by atoms with van der Waals surface area (Å²) in [4.78, 5) is 0. The molecule has 1 N–H and O–H groups in total. The minimum atomic E-state index is 0.0177. The minimum Gasteiger partial charge on any atom is -0.392 e. The van der Waals surface area contributed by atoms with Crippen LogP contribution in [0.1, 0.15) is 133 Å². The average Bonchev–Trinajstić information content (AvgIpc) is 2.83. The summed E-state index contributed by atoms with van der Waals surface area (Å²) >= 11 is 0. The van der Waals surface area contributed by atoms with E-state index in [1.807, 2.05) is 0 Å². The van der Waals surface area contributed by atoms with Gasteiger partial charge in [0.2, 0.25) is 0 Å². The SMILES string of the molecule is CC(C)(C)c1cc(/C=C/c2cc(/C=C/c3cc(C(C)(C)C)cc(C(C)(C)C)c3)cc(CO)c2)cc(C(C)(C)C)c1. The van der Waals surface area contributed by atoms with E-state index in [0.717, 1.165) is 16.7 Å². The second-order valence-electron chi connectivity index (χ2n) is 15.5. The Morgan fingerprint density at radius 1 is 0.400 bits per heavy atom. The largest absolute Gasteiger partial charge is 0.392 e. The summed E-state index contributed by atoms with van der Waals surface area (Å²) in [6.45, 7) is 27.3. The molecule has 0 spiro atoms. The van der Waals surface area contributed by atoms with Gasteiger partial charge in [-0.2, -0.15) is 0 Å². The summed E-state index contributed by atoms with van der Waals surface area (Å²) in [6, 6.07) is 20.3. The lowest BCUT2D eigenvalue weighted by atomic mass is 9.79. The predicted octanol–water partition coefficient (Wildman–Crippen LogP) is 10.7. The summed E-state index contributed by atoms with van der Waals surface area (Å²) in [5.41, 5.74) is 11.2. The topological polar surface area (TPSA) is 20.2 Å². The van der Waals surface area contributed by atoms with E-state index in [9.17, 15) is 5.11 Å². The summed E-state index contributed by atoms with van der Waals surface area (Å²) in [7, 11) is 0. The number of aliphatic hydroxyl groups is 1. The molecule has 214 valence electrons. The third kappa shape index (κ3) is 8.55. The van der Waals surface area contributed by atoms with Crippen LogP contribution in [0.15, 0.2) is 54.6 Å². The lowest BCUT2D eigenvalue weighted by molar-refractivity contribution is 0.282. The molecule has 0 aliphatic carbocycles. The van der Waals surface area contributed by atoms with E-state index in [1.165, 1.54) is 33.4 Å². The Bertz CT molecular complexity index is 1220. The molecule has 1 heteroatoms. The summed E-state index contributed by atoms with van der Waals surface area (Å²) in [6.07, 6.45) is 8.75. The van der Waals surface area contributed by atoms with Crippen LogP contribution in [0.4, 0.5) is 0 Å². The molecule has 0 saturated heterocycles. The maximum atomic E-state index is 10.0. The van der Waals surface area contributed by atoms with Crippen molar-refractivity contribution >= 4 is 24.3 Å². The van der Waals surface area contributed by atoms with E-state index in [0.29, 0.717) is 0 Å². The fraction of sp³-hybridized carbons (Fsp3) is 0.436. The second-order valence-corrected chi connectivity index (χ2v) is 15.5.